The van der Waals surface area contributed by atoms with E-state index in [4.69, 9.17) is 0 Å². The number of nitriles is 1. The molecular formula is C21H20N4O2. The van der Waals surface area contributed by atoms with Gasteiger partial charge in [-0.05, 0) is 48.6 Å². The Labute approximate surface area is 156 Å². The van der Waals surface area contributed by atoms with Crippen LogP contribution >= 0.6 is 0 Å². The molecule has 0 radical (unpaired) electrons. The van der Waals surface area contributed by atoms with E-state index in [0.717, 1.165) is 32.4 Å². The highest BCUT2D eigenvalue weighted by Gasteiger charge is 2.14. The normalized spacial score (nSPS) is 10.6. The van der Waals surface area contributed by atoms with Crippen molar-refractivity contribution in [3.05, 3.63) is 96.8 Å². The molecule has 1 aromatic heterocycles. The Morgan fingerprint density at radius 1 is 0.963 bits per heavy atom. The smallest absolute Gasteiger partial charge is 0.266 e. The maximum Gasteiger partial charge on any atom is 0.348 e. The van der Waals surface area contributed by atoms with Crippen molar-refractivity contribution in [2.24, 2.45) is 0 Å². The Kier molecular flexibility index (Phi) is 5.04. The van der Waals surface area contributed by atoms with Gasteiger partial charge in [0.2, 0.25) is 5.69 Å². The molecule has 0 bridgehead atoms. The lowest BCUT2D eigenvalue weighted by Gasteiger charge is -2.12. The maximum absolute atomic E-state index is 12.9. The standard InChI is InChI=1S/C21H20N4O2/c1-14-8-9-17(10-16(14)3)12-25-21(27)24(20(26)19(11-22)23-25)13-18-7-5-4-6-15(18)2/h4-10H,12-13H2,1-3H3. The van der Waals surface area contributed by atoms with Gasteiger partial charge in [0.15, 0.2) is 0 Å². The van der Waals surface area contributed by atoms with E-state index in [1.165, 1.54) is 4.68 Å². The summed E-state index contributed by atoms with van der Waals surface area (Å²) in [4.78, 5) is 25.4. The Hall–Kier alpha value is -3.46. The summed E-state index contributed by atoms with van der Waals surface area (Å²) in [5, 5.41) is 13.3. The van der Waals surface area contributed by atoms with Crippen molar-refractivity contribution < 1.29 is 0 Å². The lowest BCUT2D eigenvalue weighted by Crippen LogP contribution is -2.43. The average molecular weight is 360 g/mol. The van der Waals surface area contributed by atoms with Crippen LogP contribution in [0, 0.1) is 32.1 Å². The van der Waals surface area contributed by atoms with Gasteiger partial charge in [-0.2, -0.15) is 10.4 Å². The highest BCUT2D eigenvalue weighted by Crippen LogP contribution is 2.10. The largest absolute Gasteiger partial charge is 0.348 e. The molecular weight excluding hydrogens is 340 g/mol. The van der Waals surface area contributed by atoms with Crippen molar-refractivity contribution in [2.75, 3.05) is 0 Å². The van der Waals surface area contributed by atoms with E-state index in [1.54, 1.807) is 6.07 Å². The van der Waals surface area contributed by atoms with Crippen LogP contribution in [0.5, 0.6) is 0 Å². The second-order valence-electron chi connectivity index (χ2n) is 6.64. The lowest BCUT2D eigenvalue weighted by atomic mass is 10.1. The molecule has 0 atom stereocenters. The molecule has 2 aromatic carbocycles. The number of hydrogen-bond donors (Lipinski definition) is 0. The van der Waals surface area contributed by atoms with Gasteiger partial charge in [0, 0.05) is 0 Å². The van der Waals surface area contributed by atoms with Crippen LogP contribution in [0.4, 0.5) is 0 Å². The van der Waals surface area contributed by atoms with E-state index in [2.05, 4.69) is 5.10 Å². The second kappa shape index (κ2) is 7.42. The molecule has 6 heteroatoms. The van der Waals surface area contributed by atoms with Gasteiger partial charge in [-0.15, -0.1) is 0 Å². The average Bonchev–Trinajstić information content (AvgIpc) is 2.65. The second-order valence-corrected chi connectivity index (χ2v) is 6.64. The maximum atomic E-state index is 12.9. The molecule has 3 rings (SSSR count). The van der Waals surface area contributed by atoms with Gasteiger partial charge in [0.05, 0.1) is 13.1 Å². The van der Waals surface area contributed by atoms with Crippen LogP contribution in [0.3, 0.4) is 0 Å². The quantitative estimate of drug-likeness (QED) is 0.715. The minimum atomic E-state index is -0.665. The fraction of sp³-hybridized carbons (Fsp3) is 0.238. The summed E-state index contributed by atoms with van der Waals surface area (Å²) in [7, 11) is 0. The Morgan fingerprint density at radius 2 is 1.70 bits per heavy atom. The molecule has 0 spiro atoms. The van der Waals surface area contributed by atoms with Crippen molar-refractivity contribution in [3.63, 3.8) is 0 Å². The summed E-state index contributed by atoms with van der Waals surface area (Å²) in [5.74, 6) is 0. The Balaban J connectivity index is 2.09. The molecule has 6 nitrogen and oxygen atoms in total. The third-order valence-electron chi connectivity index (χ3n) is 4.72. The van der Waals surface area contributed by atoms with Crippen LogP contribution in [-0.2, 0) is 13.1 Å². The van der Waals surface area contributed by atoms with Crippen LogP contribution in [0.1, 0.15) is 33.5 Å². The number of aromatic nitrogens is 3. The van der Waals surface area contributed by atoms with Crippen LogP contribution < -0.4 is 11.2 Å². The van der Waals surface area contributed by atoms with Crippen LogP contribution in [0.2, 0.25) is 0 Å². The van der Waals surface area contributed by atoms with Gasteiger partial charge in [-0.1, -0.05) is 42.5 Å². The first kappa shape index (κ1) is 18.3. The van der Waals surface area contributed by atoms with E-state index in [-0.39, 0.29) is 18.8 Å². The Morgan fingerprint density at radius 3 is 2.37 bits per heavy atom. The zero-order chi connectivity index (χ0) is 19.6. The highest BCUT2D eigenvalue weighted by atomic mass is 16.2. The molecule has 0 N–H and O–H groups in total. The summed E-state index contributed by atoms with van der Waals surface area (Å²) in [5.41, 5.74) is 3.49. The van der Waals surface area contributed by atoms with E-state index in [1.807, 2.05) is 63.2 Å². The summed E-state index contributed by atoms with van der Waals surface area (Å²) >= 11 is 0. The first-order chi connectivity index (χ1) is 12.9. The van der Waals surface area contributed by atoms with Crippen LogP contribution in [-0.4, -0.2) is 14.3 Å². The number of rotatable bonds is 4. The molecule has 136 valence electrons. The number of nitrogens with zero attached hydrogens (tertiary/aromatic N) is 4. The zero-order valence-corrected chi connectivity index (χ0v) is 15.6. The van der Waals surface area contributed by atoms with Crippen molar-refractivity contribution in [3.8, 4) is 6.07 Å². The van der Waals surface area contributed by atoms with Crippen LogP contribution in [0.25, 0.3) is 0 Å². The molecule has 0 unspecified atom stereocenters. The van der Waals surface area contributed by atoms with Gasteiger partial charge in [0.25, 0.3) is 5.56 Å². The fourth-order valence-electron chi connectivity index (χ4n) is 2.91. The fourth-order valence-corrected chi connectivity index (χ4v) is 2.91. The molecule has 27 heavy (non-hydrogen) atoms. The molecule has 0 saturated carbocycles. The van der Waals surface area contributed by atoms with E-state index in [0.29, 0.717) is 0 Å². The monoisotopic (exact) mass is 360 g/mol. The van der Waals surface area contributed by atoms with Crippen LogP contribution in [0.15, 0.2) is 52.1 Å². The molecule has 0 aliphatic carbocycles. The first-order valence-electron chi connectivity index (χ1n) is 8.63. The predicted molar refractivity (Wildman–Crippen MR) is 103 cm³/mol. The van der Waals surface area contributed by atoms with Gasteiger partial charge in [-0.25, -0.2) is 9.48 Å². The minimum Gasteiger partial charge on any atom is -0.266 e. The Bertz CT molecular complexity index is 1170. The number of hydrogen-bond acceptors (Lipinski definition) is 4. The molecule has 0 saturated heterocycles. The van der Waals surface area contributed by atoms with Gasteiger partial charge < -0.3 is 0 Å². The zero-order valence-electron chi connectivity index (χ0n) is 15.6. The topological polar surface area (TPSA) is 80.7 Å². The molecule has 0 aliphatic heterocycles. The molecule has 1 heterocycles. The van der Waals surface area contributed by atoms with E-state index in [9.17, 15) is 14.9 Å². The van der Waals surface area contributed by atoms with Crippen molar-refractivity contribution >= 4 is 0 Å². The summed E-state index contributed by atoms with van der Waals surface area (Å²) in [6.45, 7) is 6.23. The molecule has 0 fully saturated rings. The highest BCUT2D eigenvalue weighted by molar-refractivity contribution is 5.30. The number of benzene rings is 2. The summed E-state index contributed by atoms with van der Waals surface area (Å²) in [6, 6.07) is 15.2. The van der Waals surface area contributed by atoms with Crippen molar-refractivity contribution in [2.45, 2.75) is 33.9 Å². The minimum absolute atomic E-state index is 0.106. The molecule has 0 amide bonds. The third kappa shape index (κ3) is 3.72. The third-order valence-corrected chi connectivity index (χ3v) is 4.72. The van der Waals surface area contributed by atoms with Gasteiger partial charge >= 0.3 is 5.69 Å². The first-order valence-corrected chi connectivity index (χ1v) is 8.63. The predicted octanol–water partition coefficient (Wildman–Crippen LogP) is 2.30. The van der Waals surface area contributed by atoms with Gasteiger partial charge in [0.1, 0.15) is 6.07 Å². The van der Waals surface area contributed by atoms with E-state index < -0.39 is 11.2 Å². The number of aryl methyl sites for hydroxylation is 3. The molecule has 3 aromatic rings. The van der Waals surface area contributed by atoms with Crippen molar-refractivity contribution in [1.29, 1.82) is 5.26 Å². The van der Waals surface area contributed by atoms with Crippen molar-refractivity contribution in [1.82, 2.24) is 14.3 Å². The van der Waals surface area contributed by atoms with Gasteiger partial charge in [-0.3, -0.25) is 9.36 Å². The lowest BCUT2D eigenvalue weighted by molar-refractivity contribution is 0.536. The summed E-state index contributed by atoms with van der Waals surface area (Å²) in [6.07, 6.45) is 0. The summed E-state index contributed by atoms with van der Waals surface area (Å²) < 4.78 is 2.26. The van der Waals surface area contributed by atoms with E-state index >= 15 is 0 Å². The SMILES string of the molecule is Cc1ccc(Cn2nc(C#N)c(=O)n(Cc3ccccc3C)c2=O)cc1C. The molecule has 0 aliphatic rings.